The largest absolute Gasteiger partial charge is 0.497 e. The molecule has 5 nitrogen and oxygen atoms in total. The molecule has 1 aliphatic heterocycles. The second-order valence-electron chi connectivity index (χ2n) is 6.88. The van der Waals surface area contributed by atoms with Crippen LogP contribution in [0, 0.1) is 12.7 Å². The first-order chi connectivity index (χ1) is 14.4. The molecule has 152 valence electrons. The molecule has 4 rings (SSSR count). The van der Waals surface area contributed by atoms with Gasteiger partial charge in [0.1, 0.15) is 11.6 Å². The van der Waals surface area contributed by atoms with E-state index in [-0.39, 0.29) is 23.5 Å². The molecule has 0 atom stereocenters. The SMILES string of the molecule is COc1ccc(-n2cc(/C=C3/SC(=O)N(Cc4ccc(F)cc4)C3=O)cc2C)cc1. The van der Waals surface area contributed by atoms with Gasteiger partial charge in [-0.05, 0) is 78.4 Å². The van der Waals surface area contributed by atoms with Gasteiger partial charge in [-0.15, -0.1) is 0 Å². The Morgan fingerprint density at radius 1 is 1.07 bits per heavy atom. The smallest absolute Gasteiger partial charge is 0.293 e. The highest BCUT2D eigenvalue weighted by atomic mass is 32.2. The fraction of sp³-hybridized carbons (Fsp3) is 0.130. The lowest BCUT2D eigenvalue weighted by molar-refractivity contribution is -0.123. The van der Waals surface area contributed by atoms with Crippen molar-refractivity contribution in [2.75, 3.05) is 7.11 Å². The highest BCUT2D eigenvalue weighted by Gasteiger charge is 2.35. The molecule has 1 aromatic heterocycles. The number of benzene rings is 2. The zero-order valence-corrected chi connectivity index (χ0v) is 17.3. The monoisotopic (exact) mass is 422 g/mol. The zero-order chi connectivity index (χ0) is 21.3. The highest BCUT2D eigenvalue weighted by molar-refractivity contribution is 8.18. The maximum absolute atomic E-state index is 13.1. The number of imide groups is 1. The molecule has 0 saturated carbocycles. The minimum absolute atomic E-state index is 0.119. The van der Waals surface area contributed by atoms with Gasteiger partial charge in [0.2, 0.25) is 0 Å². The lowest BCUT2D eigenvalue weighted by Gasteiger charge is -2.12. The second kappa shape index (κ2) is 8.20. The molecule has 1 saturated heterocycles. The molecule has 0 unspecified atom stereocenters. The number of rotatable bonds is 5. The summed E-state index contributed by atoms with van der Waals surface area (Å²) in [6, 6.07) is 15.4. The Balaban J connectivity index is 1.55. The number of aryl methyl sites for hydroxylation is 1. The molecule has 2 amide bonds. The Labute approximate surface area is 177 Å². The van der Waals surface area contributed by atoms with E-state index in [0.29, 0.717) is 10.5 Å². The number of methoxy groups -OCH3 is 1. The van der Waals surface area contributed by atoms with E-state index in [1.807, 2.05) is 48.0 Å². The van der Waals surface area contributed by atoms with Crippen molar-refractivity contribution in [2.45, 2.75) is 13.5 Å². The average Bonchev–Trinajstić information content (AvgIpc) is 3.23. The summed E-state index contributed by atoms with van der Waals surface area (Å²) in [6.45, 7) is 2.09. The van der Waals surface area contributed by atoms with Gasteiger partial charge in [-0.2, -0.15) is 0 Å². The Morgan fingerprint density at radius 2 is 1.77 bits per heavy atom. The minimum Gasteiger partial charge on any atom is -0.497 e. The number of nitrogens with zero attached hydrogens (tertiary/aromatic N) is 2. The number of ether oxygens (including phenoxy) is 1. The third-order valence-corrected chi connectivity index (χ3v) is 5.72. The Morgan fingerprint density at radius 3 is 2.43 bits per heavy atom. The van der Waals surface area contributed by atoms with Crippen molar-refractivity contribution in [3.05, 3.63) is 88.3 Å². The van der Waals surface area contributed by atoms with Crippen LogP contribution in [-0.4, -0.2) is 27.7 Å². The van der Waals surface area contributed by atoms with Crippen LogP contribution >= 0.6 is 11.8 Å². The Hall–Kier alpha value is -3.32. The number of carbonyl (C=O) groups excluding carboxylic acids is 2. The summed E-state index contributed by atoms with van der Waals surface area (Å²) in [5.41, 5.74) is 3.49. The van der Waals surface area contributed by atoms with Crippen LogP contribution in [0.3, 0.4) is 0 Å². The fourth-order valence-corrected chi connectivity index (χ4v) is 4.10. The zero-order valence-electron chi connectivity index (χ0n) is 16.5. The van der Waals surface area contributed by atoms with Gasteiger partial charge in [0, 0.05) is 17.6 Å². The highest BCUT2D eigenvalue weighted by Crippen LogP contribution is 2.33. The summed E-state index contributed by atoms with van der Waals surface area (Å²) in [5, 5.41) is -0.332. The van der Waals surface area contributed by atoms with Gasteiger partial charge in [0.25, 0.3) is 11.1 Å². The molecular formula is C23H19FN2O3S. The van der Waals surface area contributed by atoms with Crippen LogP contribution in [0.25, 0.3) is 11.8 Å². The Bertz CT molecular complexity index is 1130. The topological polar surface area (TPSA) is 51.5 Å². The molecule has 0 N–H and O–H groups in total. The van der Waals surface area contributed by atoms with Crippen molar-refractivity contribution < 1.29 is 18.7 Å². The molecule has 2 heterocycles. The number of amides is 2. The van der Waals surface area contributed by atoms with Crippen molar-refractivity contribution in [3.63, 3.8) is 0 Å². The molecule has 1 fully saturated rings. The van der Waals surface area contributed by atoms with E-state index in [1.54, 1.807) is 25.3 Å². The summed E-state index contributed by atoms with van der Waals surface area (Å²) >= 11 is 0.914. The second-order valence-corrected chi connectivity index (χ2v) is 7.87. The molecule has 0 spiro atoms. The van der Waals surface area contributed by atoms with Crippen LogP contribution in [0.4, 0.5) is 9.18 Å². The molecule has 0 aliphatic carbocycles. The summed E-state index contributed by atoms with van der Waals surface area (Å²) in [4.78, 5) is 26.6. The lowest BCUT2D eigenvalue weighted by atomic mass is 10.2. The lowest BCUT2D eigenvalue weighted by Crippen LogP contribution is -2.27. The molecule has 30 heavy (non-hydrogen) atoms. The van der Waals surface area contributed by atoms with E-state index < -0.39 is 0 Å². The third-order valence-electron chi connectivity index (χ3n) is 4.81. The van der Waals surface area contributed by atoms with Crippen molar-refractivity contribution >= 4 is 29.0 Å². The van der Waals surface area contributed by atoms with E-state index in [4.69, 9.17) is 4.74 Å². The van der Waals surface area contributed by atoms with Crippen LogP contribution < -0.4 is 4.74 Å². The van der Waals surface area contributed by atoms with Crippen LogP contribution in [0.15, 0.2) is 65.7 Å². The molecule has 0 radical (unpaired) electrons. The first-order valence-electron chi connectivity index (χ1n) is 9.28. The molecule has 2 aromatic carbocycles. The van der Waals surface area contributed by atoms with Gasteiger partial charge in [0.15, 0.2) is 0 Å². The van der Waals surface area contributed by atoms with Gasteiger partial charge in [0.05, 0.1) is 18.6 Å². The number of hydrogen-bond acceptors (Lipinski definition) is 4. The number of aromatic nitrogens is 1. The molecule has 3 aromatic rings. The quantitative estimate of drug-likeness (QED) is 0.533. The molecule has 0 bridgehead atoms. The van der Waals surface area contributed by atoms with Crippen molar-refractivity contribution in [1.29, 1.82) is 0 Å². The normalized spacial score (nSPS) is 15.3. The van der Waals surface area contributed by atoms with Crippen molar-refractivity contribution in [1.82, 2.24) is 9.47 Å². The van der Waals surface area contributed by atoms with Gasteiger partial charge in [-0.3, -0.25) is 14.5 Å². The number of halogens is 1. The molecule has 1 aliphatic rings. The predicted molar refractivity (Wildman–Crippen MR) is 115 cm³/mol. The average molecular weight is 422 g/mol. The summed E-state index contributed by atoms with van der Waals surface area (Å²) < 4.78 is 20.3. The number of thioether (sulfide) groups is 1. The van der Waals surface area contributed by atoms with Gasteiger partial charge in [-0.25, -0.2) is 4.39 Å². The van der Waals surface area contributed by atoms with Crippen molar-refractivity contribution in [2.24, 2.45) is 0 Å². The van der Waals surface area contributed by atoms with Gasteiger partial charge in [-0.1, -0.05) is 12.1 Å². The Kier molecular flexibility index (Phi) is 5.46. The van der Waals surface area contributed by atoms with E-state index in [2.05, 4.69) is 0 Å². The first kappa shape index (κ1) is 20.0. The predicted octanol–water partition coefficient (Wildman–Crippen LogP) is 5.17. The summed E-state index contributed by atoms with van der Waals surface area (Å²) in [6.07, 6.45) is 3.65. The minimum atomic E-state index is -0.357. The van der Waals surface area contributed by atoms with E-state index in [0.717, 1.165) is 34.5 Å². The summed E-state index contributed by atoms with van der Waals surface area (Å²) in [7, 11) is 1.62. The third kappa shape index (κ3) is 4.02. The molecule has 7 heteroatoms. The van der Waals surface area contributed by atoms with E-state index >= 15 is 0 Å². The van der Waals surface area contributed by atoms with Crippen LogP contribution in [0.2, 0.25) is 0 Å². The van der Waals surface area contributed by atoms with Gasteiger partial charge < -0.3 is 9.30 Å². The fourth-order valence-electron chi connectivity index (χ4n) is 3.26. The van der Waals surface area contributed by atoms with Crippen molar-refractivity contribution in [3.8, 4) is 11.4 Å². The maximum atomic E-state index is 13.1. The standard InChI is InChI=1S/C23H19FN2O3S/c1-15-11-17(14-25(15)19-7-9-20(29-2)10-8-19)12-21-22(27)26(23(28)30-21)13-16-3-5-18(24)6-4-16/h3-12,14H,13H2,1-2H3/b21-12+. The number of hydrogen-bond donors (Lipinski definition) is 0. The maximum Gasteiger partial charge on any atom is 0.293 e. The van der Waals surface area contributed by atoms with Crippen LogP contribution in [0.1, 0.15) is 16.8 Å². The van der Waals surface area contributed by atoms with E-state index in [9.17, 15) is 14.0 Å². The van der Waals surface area contributed by atoms with Crippen LogP contribution in [-0.2, 0) is 11.3 Å². The van der Waals surface area contributed by atoms with Crippen LogP contribution in [0.5, 0.6) is 5.75 Å². The van der Waals surface area contributed by atoms with E-state index in [1.165, 1.54) is 17.0 Å². The first-order valence-corrected chi connectivity index (χ1v) is 10.1. The number of carbonyl (C=O) groups is 2. The summed E-state index contributed by atoms with van der Waals surface area (Å²) in [5.74, 6) is 0.0762. The molecular weight excluding hydrogens is 403 g/mol. The van der Waals surface area contributed by atoms with Gasteiger partial charge >= 0.3 is 0 Å².